The molecule has 0 aliphatic carbocycles. The van der Waals surface area contributed by atoms with Gasteiger partial charge in [0.25, 0.3) is 0 Å². The summed E-state index contributed by atoms with van der Waals surface area (Å²) in [6.45, 7) is 0. The Morgan fingerprint density at radius 3 is 2.38 bits per heavy atom. The number of halogens is 4. The summed E-state index contributed by atoms with van der Waals surface area (Å²) >= 11 is 6.98. The number of carbonyl (C=O) groups excluding carboxylic acids is 2. The van der Waals surface area contributed by atoms with Crippen LogP contribution in [-0.2, 0) is 11.0 Å². The van der Waals surface area contributed by atoms with Crippen molar-refractivity contribution in [3.05, 3.63) is 59.1 Å². The van der Waals surface area contributed by atoms with Crippen LogP contribution in [0.25, 0.3) is 0 Å². The second-order valence-electron chi connectivity index (χ2n) is 4.95. The predicted molar refractivity (Wildman–Crippen MR) is 93.9 cm³/mol. The van der Waals surface area contributed by atoms with Gasteiger partial charge >= 0.3 is 12.2 Å². The number of carbonyl (C=O) groups is 2. The minimum Gasteiger partial charge on any atom is -0.307 e. The first-order valence-electron chi connectivity index (χ1n) is 7.15. The van der Waals surface area contributed by atoms with Crippen molar-refractivity contribution in [1.29, 1.82) is 0 Å². The molecule has 0 unspecified atom stereocenters. The number of thioether (sulfide) groups is 1. The zero-order valence-electron chi connectivity index (χ0n) is 13.1. The molecule has 2 aromatic rings. The lowest BCUT2D eigenvalue weighted by Crippen LogP contribution is -2.44. The van der Waals surface area contributed by atoms with E-state index in [4.69, 9.17) is 11.6 Å². The molecule has 0 radical (unpaired) electrons. The number of benzene rings is 2. The lowest BCUT2D eigenvalue weighted by molar-refractivity contribution is -0.137. The Morgan fingerprint density at radius 1 is 1.04 bits per heavy atom. The molecule has 0 saturated carbocycles. The highest BCUT2D eigenvalue weighted by molar-refractivity contribution is 8.00. The molecule has 0 aliphatic rings. The van der Waals surface area contributed by atoms with E-state index in [1.165, 1.54) is 23.9 Å². The van der Waals surface area contributed by atoms with Gasteiger partial charge in [0.15, 0.2) is 0 Å². The number of anilines is 1. The molecule has 0 spiro atoms. The highest BCUT2D eigenvalue weighted by Crippen LogP contribution is 2.30. The van der Waals surface area contributed by atoms with Gasteiger partial charge in [0.2, 0.25) is 5.91 Å². The second kappa shape index (κ2) is 8.81. The van der Waals surface area contributed by atoms with E-state index in [9.17, 15) is 22.8 Å². The van der Waals surface area contributed by atoms with E-state index in [0.717, 1.165) is 17.0 Å². The Hall–Kier alpha value is -2.39. The van der Waals surface area contributed by atoms with Gasteiger partial charge in [0.05, 0.1) is 11.3 Å². The van der Waals surface area contributed by atoms with E-state index in [2.05, 4.69) is 16.2 Å². The minimum absolute atomic E-state index is 0.0332. The summed E-state index contributed by atoms with van der Waals surface area (Å²) in [5, 5.41) is 2.78. The number of nitrogens with one attached hydrogen (secondary N) is 3. The maximum absolute atomic E-state index is 12.6. The summed E-state index contributed by atoms with van der Waals surface area (Å²) in [6.07, 6.45) is -4.51. The fourth-order valence-electron chi connectivity index (χ4n) is 1.78. The van der Waals surface area contributed by atoms with Gasteiger partial charge in [-0.25, -0.2) is 10.2 Å². The quantitative estimate of drug-likeness (QED) is 0.526. The molecule has 2 rings (SSSR count). The van der Waals surface area contributed by atoms with Crippen LogP contribution in [0.3, 0.4) is 0 Å². The van der Waals surface area contributed by atoms with Gasteiger partial charge in [0, 0.05) is 15.6 Å². The average Bonchev–Trinajstić information content (AvgIpc) is 2.59. The maximum Gasteiger partial charge on any atom is 0.416 e. The normalized spacial score (nSPS) is 10.9. The van der Waals surface area contributed by atoms with Gasteiger partial charge in [-0.1, -0.05) is 17.7 Å². The maximum atomic E-state index is 12.6. The summed E-state index contributed by atoms with van der Waals surface area (Å²) in [5.41, 5.74) is 3.28. The Labute approximate surface area is 156 Å². The molecule has 0 heterocycles. The lowest BCUT2D eigenvalue weighted by atomic mass is 10.2. The van der Waals surface area contributed by atoms with Crippen molar-refractivity contribution in [2.75, 3.05) is 11.1 Å². The van der Waals surface area contributed by atoms with E-state index in [-0.39, 0.29) is 11.4 Å². The Balaban J connectivity index is 1.77. The molecule has 3 amide bonds. The zero-order valence-corrected chi connectivity index (χ0v) is 14.6. The highest BCUT2D eigenvalue weighted by atomic mass is 35.5. The van der Waals surface area contributed by atoms with Crippen LogP contribution in [0.15, 0.2) is 53.4 Å². The molecule has 0 aliphatic heterocycles. The summed E-state index contributed by atoms with van der Waals surface area (Å²) in [7, 11) is 0. The number of amides is 3. The molecule has 0 saturated heterocycles. The van der Waals surface area contributed by atoms with Crippen LogP contribution in [0.4, 0.5) is 23.7 Å². The third-order valence-corrected chi connectivity index (χ3v) is 4.21. The van der Waals surface area contributed by atoms with Crippen molar-refractivity contribution in [2.24, 2.45) is 0 Å². The number of hydrogen-bond acceptors (Lipinski definition) is 3. The molecule has 0 atom stereocenters. The fourth-order valence-corrected chi connectivity index (χ4v) is 2.60. The minimum atomic E-state index is -4.51. The topological polar surface area (TPSA) is 70.2 Å². The van der Waals surface area contributed by atoms with Gasteiger partial charge in [-0.2, -0.15) is 13.2 Å². The van der Waals surface area contributed by atoms with Gasteiger partial charge in [-0.3, -0.25) is 10.2 Å². The van der Waals surface area contributed by atoms with Crippen molar-refractivity contribution >= 4 is 41.0 Å². The summed E-state index contributed by atoms with van der Waals surface area (Å²) in [4.78, 5) is 24.1. The molecular weight excluding hydrogens is 391 g/mol. The van der Waals surface area contributed by atoms with Crippen molar-refractivity contribution in [3.8, 4) is 0 Å². The Morgan fingerprint density at radius 2 is 1.73 bits per heavy atom. The molecular formula is C16H13ClF3N3O2S. The Kier molecular flexibility index (Phi) is 6.76. The molecule has 0 bridgehead atoms. The largest absolute Gasteiger partial charge is 0.416 e. The molecule has 138 valence electrons. The molecule has 0 aromatic heterocycles. The Bertz CT molecular complexity index is 785. The van der Waals surface area contributed by atoms with Crippen LogP contribution < -0.4 is 16.2 Å². The molecule has 26 heavy (non-hydrogen) atoms. The van der Waals surface area contributed by atoms with Gasteiger partial charge in [-0.15, -0.1) is 11.8 Å². The molecule has 5 nitrogen and oxygen atoms in total. The van der Waals surface area contributed by atoms with Crippen molar-refractivity contribution in [1.82, 2.24) is 10.9 Å². The van der Waals surface area contributed by atoms with Gasteiger partial charge < -0.3 is 5.32 Å². The number of alkyl halides is 3. The summed E-state index contributed by atoms with van der Waals surface area (Å²) < 4.78 is 37.8. The smallest absolute Gasteiger partial charge is 0.307 e. The van der Waals surface area contributed by atoms with Crippen molar-refractivity contribution in [2.45, 2.75) is 11.1 Å². The lowest BCUT2D eigenvalue weighted by Gasteiger charge is -2.11. The second-order valence-corrected chi connectivity index (χ2v) is 6.43. The zero-order chi connectivity index (χ0) is 19.2. The van der Waals surface area contributed by atoms with Gasteiger partial charge in [-0.05, 0) is 42.5 Å². The molecule has 10 heteroatoms. The van der Waals surface area contributed by atoms with Crippen molar-refractivity contribution < 1.29 is 22.8 Å². The number of hydrogen-bond donors (Lipinski definition) is 3. The van der Waals surface area contributed by atoms with Crippen LogP contribution in [0, 0.1) is 0 Å². The van der Waals surface area contributed by atoms with E-state index >= 15 is 0 Å². The van der Waals surface area contributed by atoms with E-state index in [1.807, 2.05) is 0 Å². The van der Waals surface area contributed by atoms with Crippen LogP contribution in [-0.4, -0.2) is 17.7 Å². The van der Waals surface area contributed by atoms with Crippen molar-refractivity contribution in [3.63, 3.8) is 0 Å². The molecule has 2 aromatic carbocycles. The first-order valence-corrected chi connectivity index (χ1v) is 8.52. The standard InChI is InChI=1S/C16H13ClF3N3O2S/c17-11-4-6-13(7-5-11)26-9-14(24)22-23-15(25)21-12-3-1-2-10(8-12)16(18,19)20/h1-8H,9H2,(H,22,24)(H2,21,23,25). The number of rotatable bonds is 4. The third kappa shape index (κ3) is 6.49. The first-order chi connectivity index (χ1) is 12.2. The monoisotopic (exact) mass is 403 g/mol. The van der Waals surface area contributed by atoms with Crippen LogP contribution in [0.2, 0.25) is 5.02 Å². The summed E-state index contributed by atoms with van der Waals surface area (Å²) in [5.74, 6) is -0.449. The van der Waals surface area contributed by atoms with Crippen LogP contribution in [0.1, 0.15) is 5.56 Å². The predicted octanol–water partition coefficient (Wildman–Crippen LogP) is 4.30. The third-order valence-electron chi connectivity index (χ3n) is 2.95. The molecule has 0 fully saturated rings. The summed E-state index contributed by atoms with van der Waals surface area (Å²) in [6, 6.07) is 10.1. The first kappa shape index (κ1) is 19.9. The highest BCUT2D eigenvalue weighted by Gasteiger charge is 2.30. The number of urea groups is 1. The average molecular weight is 404 g/mol. The van der Waals surface area contributed by atoms with Crippen LogP contribution >= 0.6 is 23.4 Å². The SMILES string of the molecule is O=C(CSc1ccc(Cl)cc1)NNC(=O)Nc1cccc(C(F)(F)F)c1. The molecule has 3 N–H and O–H groups in total. The van der Waals surface area contributed by atoms with Gasteiger partial charge in [0.1, 0.15) is 0 Å². The van der Waals surface area contributed by atoms with Crippen LogP contribution in [0.5, 0.6) is 0 Å². The number of hydrazine groups is 1. The fraction of sp³-hybridized carbons (Fsp3) is 0.125. The van der Waals surface area contributed by atoms with E-state index < -0.39 is 23.7 Å². The van der Waals surface area contributed by atoms with E-state index in [0.29, 0.717) is 5.02 Å². The van der Waals surface area contributed by atoms with E-state index in [1.54, 1.807) is 24.3 Å².